The molecule has 2 N–H and O–H groups in total. The predicted molar refractivity (Wildman–Crippen MR) is 76.9 cm³/mol. The average Bonchev–Trinajstić information content (AvgIpc) is 2.68. The van der Waals surface area contributed by atoms with Crippen molar-refractivity contribution in [2.24, 2.45) is 0 Å². The second-order valence-electron chi connectivity index (χ2n) is 3.89. The molecule has 4 nitrogen and oxygen atoms in total. The van der Waals surface area contributed by atoms with Gasteiger partial charge < -0.3 is 14.8 Å². The van der Waals surface area contributed by atoms with Gasteiger partial charge in [0.2, 0.25) is 5.76 Å². The number of rotatable bonds is 4. The second-order valence-corrected chi connectivity index (χ2v) is 5.14. The maximum Gasteiger partial charge on any atom is 0.372 e. The van der Waals surface area contributed by atoms with Gasteiger partial charge in [-0.15, -0.1) is 0 Å². The van der Waals surface area contributed by atoms with Crippen molar-refractivity contribution in [3.63, 3.8) is 0 Å². The third kappa shape index (κ3) is 3.04. The fourth-order valence-corrected chi connectivity index (χ4v) is 2.18. The number of benzene rings is 1. The molecule has 1 heterocycles. The topological polar surface area (TPSA) is 62.5 Å². The van der Waals surface area contributed by atoms with E-state index < -0.39 is 5.97 Å². The van der Waals surface area contributed by atoms with E-state index in [1.165, 1.54) is 0 Å². The molecule has 0 bridgehead atoms. The molecular formula is C13H12INO3. The number of furan rings is 1. The standard InChI is InChI=1S/C13H12INO3/c1-8-5-11(18-12(8)13(16)17)7-15-10-4-2-3-9(14)6-10/h2-6,15H,7H2,1H3,(H,16,17). The van der Waals surface area contributed by atoms with Crippen molar-refractivity contribution < 1.29 is 14.3 Å². The van der Waals surface area contributed by atoms with E-state index in [-0.39, 0.29) is 5.76 Å². The summed E-state index contributed by atoms with van der Waals surface area (Å²) in [5, 5.41) is 12.1. The molecule has 0 spiro atoms. The zero-order chi connectivity index (χ0) is 13.1. The van der Waals surface area contributed by atoms with Crippen LogP contribution in [-0.4, -0.2) is 11.1 Å². The van der Waals surface area contributed by atoms with Crippen LogP contribution in [0.5, 0.6) is 0 Å². The lowest BCUT2D eigenvalue weighted by atomic mass is 10.2. The van der Waals surface area contributed by atoms with Crippen LogP contribution in [0.15, 0.2) is 34.7 Å². The molecule has 18 heavy (non-hydrogen) atoms. The molecule has 94 valence electrons. The monoisotopic (exact) mass is 357 g/mol. The first-order chi connectivity index (χ1) is 8.56. The van der Waals surface area contributed by atoms with E-state index in [1.54, 1.807) is 13.0 Å². The SMILES string of the molecule is Cc1cc(CNc2cccc(I)c2)oc1C(=O)O. The number of nitrogens with one attached hydrogen (secondary N) is 1. The number of hydrogen-bond donors (Lipinski definition) is 2. The summed E-state index contributed by atoms with van der Waals surface area (Å²) in [5.41, 5.74) is 1.62. The molecule has 0 radical (unpaired) electrons. The van der Waals surface area contributed by atoms with Crippen molar-refractivity contribution >= 4 is 34.2 Å². The van der Waals surface area contributed by atoms with E-state index in [9.17, 15) is 4.79 Å². The number of aromatic carboxylic acids is 1. The Labute approximate surface area is 118 Å². The highest BCUT2D eigenvalue weighted by atomic mass is 127. The first-order valence-corrected chi connectivity index (χ1v) is 6.46. The van der Waals surface area contributed by atoms with Gasteiger partial charge in [-0.05, 0) is 53.8 Å². The van der Waals surface area contributed by atoms with E-state index in [1.807, 2.05) is 24.3 Å². The van der Waals surface area contributed by atoms with Crippen molar-refractivity contribution in [2.45, 2.75) is 13.5 Å². The lowest BCUT2D eigenvalue weighted by Gasteiger charge is -2.04. The van der Waals surface area contributed by atoms with Gasteiger partial charge in [0.25, 0.3) is 0 Å². The van der Waals surface area contributed by atoms with E-state index in [0.717, 1.165) is 9.26 Å². The Morgan fingerprint density at radius 1 is 1.44 bits per heavy atom. The molecule has 2 aromatic rings. The Hall–Kier alpha value is -1.50. The van der Waals surface area contributed by atoms with E-state index >= 15 is 0 Å². The smallest absolute Gasteiger partial charge is 0.372 e. The summed E-state index contributed by atoms with van der Waals surface area (Å²) in [6, 6.07) is 9.67. The molecule has 0 fully saturated rings. The minimum atomic E-state index is -1.03. The molecule has 1 aromatic heterocycles. The Morgan fingerprint density at radius 3 is 2.83 bits per heavy atom. The maximum atomic E-state index is 10.8. The van der Waals surface area contributed by atoms with Crippen molar-refractivity contribution in [3.8, 4) is 0 Å². The van der Waals surface area contributed by atoms with Gasteiger partial charge >= 0.3 is 5.97 Å². The van der Waals surface area contributed by atoms with Crippen molar-refractivity contribution in [2.75, 3.05) is 5.32 Å². The first kappa shape index (κ1) is 12.9. The van der Waals surface area contributed by atoms with Crippen molar-refractivity contribution in [1.82, 2.24) is 0 Å². The summed E-state index contributed by atoms with van der Waals surface area (Å²) in [7, 11) is 0. The molecule has 2 rings (SSSR count). The van der Waals surface area contributed by atoms with Gasteiger partial charge in [-0.25, -0.2) is 4.79 Å². The normalized spacial score (nSPS) is 10.3. The van der Waals surface area contributed by atoms with E-state index in [4.69, 9.17) is 9.52 Å². The van der Waals surface area contributed by atoms with Crippen LogP contribution in [0.4, 0.5) is 5.69 Å². The Balaban J connectivity index is 2.06. The zero-order valence-corrected chi connectivity index (χ0v) is 11.9. The molecule has 0 saturated heterocycles. The van der Waals surface area contributed by atoms with Crippen molar-refractivity contribution in [1.29, 1.82) is 0 Å². The van der Waals surface area contributed by atoms with Crippen LogP contribution < -0.4 is 5.32 Å². The quantitative estimate of drug-likeness (QED) is 0.823. The third-order valence-electron chi connectivity index (χ3n) is 2.45. The summed E-state index contributed by atoms with van der Waals surface area (Å²) < 4.78 is 6.40. The Morgan fingerprint density at radius 2 is 2.22 bits per heavy atom. The fourth-order valence-electron chi connectivity index (χ4n) is 1.64. The molecular weight excluding hydrogens is 345 g/mol. The molecule has 5 heteroatoms. The summed E-state index contributed by atoms with van der Waals surface area (Å²) in [6.07, 6.45) is 0. The van der Waals surface area contributed by atoms with Crippen LogP contribution in [0.2, 0.25) is 0 Å². The van der Waals surface area contributed by atoms with Crippen LogP contribution in [0.25, 0.3) is 0 Å². The summed E-state index contributed by atoms with van der Waals surface area (Å²) in [6.45, 7) is 2.19. The van der Waals surface area contributed by atoms with Crippen molar-refractivity contribution in [3.05, 3.63) is 51.0 Å². The lowest BCUT2D eigenvalue weighted by molar-refractivity contribution is 0.0659. The first-order valence-electron chi connectivity index (χ1n) is 5.38. The minimum absolute atomic E-state index is 0.00874. The molecule has 0 amide bonds. The largest absolute Gasteiger partial charge is 0.475 e. The number of hydrogen-bond acceptors (Lipinski definition) is 3. The number of anilines is 1. The predicted octanol–water partition coefficient (Wildman–Crippen LogP) is 3.50. The highest BCUT2D eigenvalue weighted by Crippen LogP contribution is 2.17. The van der Waals surface area contributed by atoms with Gasteiger partial charge in [-0.2, -0.15) is 0 Å². The van der Waals surface area contributed by atoms with E-state index in [2.05, 4.69) is 27.9 Å². The molecule has 0 aliphatic rings. The summed E-state index contributed by atoms with van der Waals surface area (Å²) >= 11 is 2.24. The summed E-state index contributed by atoms with van der Waals surface area (Å²) in [4.78, 5) is 10.8. The lowest BCUT2D eigenvalue weighted by Crippen LogP contribution is -1.98. The zero-order valence-electron chi connectivity index (χ0n) is 9.74. The minimum Gasteiger partial charge on any atom is -0.475 e. The van der Waals surface area contributed by atoms with E-state index in [0.29, 0.717) is 17.9 Å². The molecule has 0 aliphatic heterocycles. The maximum absolute atomic E-state index is 10.8. The van der Waals surface area contributed by atoms with Crippen LogP contribution in [0.1, 0.15) is 21.9 Å². The Bertz CT molecular complexity index is 577. The summed E-state index contributed by atoms with van der Waals surface area (Å²) in [5.74, 6) is -0.411. The molecule has 0 saturated carbocycles. The van der Waals surface area contributed by atoms with Crippen LogP contribution >= 0.6 is 22.6 Å². The number of aryl methyl sites for hydroxylation is 1. The van der Waals surface area contributed by atoms with Gasteiger partial charge in [-0.3, -0.25) is 0 Å². The molecule has 0 aliphatic carbocycles. The van der Waals surface area contributed by atoms with Gasteiger partial charge in [0.05, 0.1) is 6.54 Å². The average molecular weight is 357 g/mol. The molecule has 0 atom stereocenters. The fraction of sp³-hybridized carbons (Fsp3) is 0.154. The highest BCUT2D eigenvalue weighted by molar-refractivity contribution is 14.1. The van der Waals surface area contributed by atoms with Gasteiger partial charge in [0.1, 0.15) is 5.76 Å². The number of carboxylic acids is 1. The van der Waals surface area contributed by atoms with Gasteiger partial charge in [0.15, 0.2) is 0 Å². The highest BCUT2D eigenvalue weighted by Gasteiger charge is 2.13. The second kappa shape index (κ2) is 5.43. The van der Waals surface area contributed by atoms with Crippen LogP contribution in [0.3, 0.4) is 0 Å². The third-order valence-corrected chi connectivity index (χ3v) is 3.13. The number of carboxylic acid groups (broad SMARTS) is 1. The number of carbonyl (C=O) groups is 1. The molecule has 0 unspecified atom stereocenters. The number of halogens is 1. The van der Waals surface area contributed by atoms with Crippen LogP contribution in [-0.2, 0) is 6.54 Å². The van der Waals surface area contributed by atoms with Gasteiger partial charge in [-0.1, -0.05) is 6.07 Å². The Kier molecular flexibility index (Phi) is 3.90. The molecule has 1 aromatic carbocycles. The van der Waals surface area contributed by atoms with Gasteiger partial charge in [0, 0.05) is 14.8 Å². The van der Waals surface area contributed by atoms with Crippen LogP contribution in [0, 0.1) is 10.5 Å².